The summed E-state index contributed by atoms with van der Waals surface area (Å²) in [5.41, 5.74) is 0. The van der Waals surface area contributed by atoms with Crippen LogP contribution in [0.2, 0.25) is 0 Å². The first-order valence-corrected chi connectivity index (χ1v) is 7.78. The summed E-state index contributed by atoms with van der Waals surface area (Å²) in [6.07, 6.45) is 8.11. The molecular weight excluding hydrogens is 260 g/mol. The zero-order chi connectivity index (χ0) is 12.8. The maximum Gasteiger partial charge on any atom is 0.222 e. The minimum absolute atomic E-state index is 0. The van der Waals surface area contributed by atoms with Crippen LogP contribution in [0.5, 0.6) is 0 Å². The Hall–Kier alpha value is -0.280. The third-order valence-electron chi connectivity index (χ3n) is 4.77. The highest BCUT2D eigenvalue weighted by Gasteiger charge is 2.22. The van der Waals surface area contributed by atoms with Gasteiger partial charge in [-0.25, -0.2) is 0 Å². The standard InChI is InChI=1S/C15H28N2O.ClH/c1-2-13-7-11-17(12-8-13)15(18)4-3-14-5-9-16-10-6-14;/h13-14,16H,2-12H2,1H3;1H. The molecule has 0 radical (unpaired) electrons. The van der Waals surface area contributed by atoms with Gasteiger partial charge in [-0.3, -0.25) is 4.79 Å². The van der Waals surface area contributed by atoms with Crippen LogP contribution in [0.1, 0.15) is 51.9 Å². The van der Waals surface area contributed by atoms with Crippen LogP contribution in [-0.4, -0.2) is 37.0 Å². The molecule has 0 aromatic rings. The van der Waals surface area contributed by atoms with E-state index in [0.29, 0.717) is 5.91 Å². The van der Waals surface area contributed by atoms with Crippen LogP contribution in [0.3, 0.4) is 0 Å². The molecule has 19 heavy (non-hydrogen) atoms. The lowest BCUT2D eigenvalue weighted by molar-refractivity contribution is -0.133. The zero-order valence-corrected chi connectivity index (χ0v) is 13.0. The van der Waals surface area contributed by atoms with Gasteiger partial charge < -0.3 is 10.2 Å². The molecule has 1 N–H and O–H groups in total. The number of piperidine rings is 2. The molecule has 0 atom stereocenters. The molecule has 0 aromatic heterocycles. The number of hydrogen-bond donors (Lipinski definition) is 1. The summed E-state index contributed by atoms with van der Waals surface area (Å²) < 4.78 is 0. The molecule has 0 aromatic carbocycles. The average molecular weight is 289 g/mol. The highest BCUT2D eigenvalue weighted by Crippen LogP contribution is 2.22. The van der Waals surface area contributed by atoms with Crippen LogP contribution in [0.15, 0.2) is 0 Å². The van der Waals surface area contributed by atoms with Crippen molar-refractivity contribution in [3.05, 3.63) is 0 Å². The second-order valence-corrected chi connectivity index (χ2v) is 5.96. The van der Waals surface area contributed by atoms with Crippen LogP contribution < -0.4 is 5.32 Å². The Bertz CT molecular complexity index is 259. The van der Waals surface area contributed by atoms with Gasteiger partial charge in [0, 0.05) is 19.5 Å². The number of nitrogens with one attached hydrogen (secondary N) is 1. The van der Waals surface area contributed by atoms with Gasteiger partial charge in [-0.2, -0.15) is 0 Å². The smallest absolute Gasteiger partial charge is 0.222 e. The summed E-state index contributed by atoms with van der Waals surface area (Å²) in [5, 5.41) is 3.38. The lowest BCUT2D eigenvalue weighted by Crippen LogP contribution is -2.38. The van der Waals surface area contributed by atoms with E-state index in [2.05, 4.69) is 17.1 Å². The van der Waals surface area contributed by atoms with Gasteiger partial charge in [-0.1, -0.05) is 13.3 Å². The summed E-state index contributed by atoms with van der Waals surface area (Å²) in [6.45, 7) is 6.55. The molecule has 2 aliphatic heterocycles. The van der Waals surface area contributed by atoms with Gasteiger partial charge in [0.05, 0.1) is 0 Å². The molecular formula is C15H29ClN2O. The van der Waals surface area contributed by atoms with Gasteiger partial charge in [-0.15, -0.1) is 12.4 Å². The van der Waals surface area contributed by atoms with E-state index in [4.69, 9.17) is 0 Å². The number of nitrogens with zero attached hydrogens (tertiary/aromatic N) is 1. The predicted molar refractivity (Wildman–Crippen MR) is 81.7 cm³/mol. The number of rotatable bonds is 4. The molecule has 0 saturated carbocycles. The molecule has 4 heteroatoms. The van der Waals surface area contributed by atoms with Gasteiger partial charge in [0.15, 0.2) is 0 Å². The van der Waals surface area contributed by atoms with E-state index in [1.165, 1.54) is 32.1 Å². The maximum absolute atomic E-state index is 12.1. The second kappa shape index (κ2) is 8.80. The third-order valence-corrected chi connectivity index (χ3v) is 4.77. The SMILES string of the molecule is CCC1CCN(C(=O)CCC2CCNCC2)CC1.Cl. The van der Waals surface area contributed by atoms with Crippen molar-refractivity contribution in [2.75, 3.05) is 26.2 Å². The first-order valence-electron chi connectivity index (χ1n) is 7.78. The molecule has 0 spiro atoms. The van der Waals surface area contributed by atoms with Crippen LogP contribution in [0.25, 0.3) is 0 Å². The van der Waals surface area contributed by atoms with Gasteiger partial charge in [-0.05, 0) is 57.0 Å². The molecule has 3 nitrogen and oxygen atoms in total. The highest BCUT2D eigenvalue weighted by molar-refractivity contribution is 5.85. The van der Waals surface area contributed by atoms with E-state index in [1.54, 1.807) is 0 Å². The molecule has 2 saturated heterocycles. The third kappa shape index (κ3) is 5.31. The molecule has 0 bridgehead atoms. The van der Waals surface area contributed by atoms with Crippen molar-refractivity contribution in [2.45, 2.75) is 51.9 Å². The second-order valence-electron chi connectivity index (χ2n) is 5.96. The summed E-state index contributed by atoms with van der Waals surface area (Å²) in [5.74, 6) is 2.05. The molecule has 1 amide bonds. The zero-order valence-electron chi connectivity index (χ0n) is 12.2. The minimum atomic E-state index is 0. The summed E-state index contributed by atoms with van der Waals surface area (Å²) in [6, 6.07) is 0. The van der Waals surface area contributed by atoms with E-state index >= 15 is 0 Å². The number of likely N-dealkylation sites (tertiary alicyclic amines) is 1. The van der Waals surface area contributed by atoms with E-state index in [1.807, 2.05) is 0 Å². The fourth-order valence-corrected chi connectivity index (χ4v) is 3.25. The van der Waals surface area contributed by atoms with Crippen LogP contribution in [-0.2, 0) is 4.79 Å². The fraction of sp³-hybridized carbons (Fsp3) is 0.933. The van der Waals surface area contributed by atoms with Gasteiger partial charge in [0.25, 0.3) is 0 Å². The number of carbonyl (C=O) groups excluding carboxylic acids is 1. The average Bonchev–Trinajstić information content (AvgIpc) is 2.46. The monoisotopic (exact) mass is 288 g/mol. The molecule has 2 heterocycles. The summed E-state index contributed by atoms with van der Waals surface area (Å²) in [4.78, 5) is 14.3. The first-order chi connectivity index (χ1) is 8.79. The largest absolute Gasteiger partial charge is 0.343 e. The van der Waals surface area contributed by atoms with Crippen LogP contribution in [0.4, 0.5) is 0 Å². The predicted octanol–water partition coefficient (Wildman–Crippen LogP) is 2.84. The Morgan fingerprint density at radius 1 is 1.11 bits per heavy atom. The van der Waals surface area contributed by atoms with E-state index in [0.717, 1.165) is 50.9 Å². The lowest BCUT2D eigenvalue weighted by Gasteiger charge is -2.32. The molecule has 0 unspecified atom stereocenters. The van der Waals surface area contributed by atoms with Gasteiger partial charge in [0.1, 0.15) is 0 Å². The van der Waals surface area contributed by atoms with Crippen molar-refractivity contribution >= 4 is 18.3 Å². The molecule has 0 aliphatic carbocycles. The number of carbonyl (C=O) groups is 1. The van der Waals surface area contributed by atoms with Crippen molar-refractivity contribution in [3.63, 3.8) is 0 Å². The number of halogens is 1. The van der Waals surface area contributed by atoms with Crippen molar-refractivity contribution in [2.24, 2.45) is 11.8 Å². The topological polar surface area (TPSA) is 32.3 Å². The number of amides is 1. The normalized spacial score (nSPS) is 22.1. The number of hydrogen-bond acceptors (Lipinski definition) is 2. The van der Waals surface area contributed by atoms with Gasteiger partial charge >= 0.3 is 0 Å². The molecule has 2 rings (SSSR count). The Balaban J connectivity index is 0.00000180. The van der Waals surface area contributed by atoms with Crippen molar-refractivity contribution < 1.29 is 4.79 Å². The summed E-state index contributed by atoms with van der Waals surface area (Å²) >= 11 is 0. The highest BCUT2D eigenvalue weighted by atomic mass is 35.5. The van der Waals surface area contributed by atoms with Crippen molar-refractivity contribution in [1.82, 2.24) is 10.2 Å². The van der Waals surface area contributed by atoms with E-state index in [9.17, 15) is 4.79 Å². The summed E-state index contributed by atoms with van der Waals surface area (Å²) in [7, 11) is 0. The Labute approximate surface area is 123 Å². The van der Waals surface area contributed by atoms with Crippen LogP contribution in [0, 0.1) is 11.8 Å². The van der Waals surface area contributed by atoms with E-state index < -0.39 is 0 Å². The Kier molecular flexibility index (Phi) is 7.77. The lowest BCUT2D eigenvalue weighted by atomic mass is 9.92. The Morgan fingerprint density at radius 3 is 2.32 bits per heavy atom. The molecule has 2 fully saturated rings. The first kappa shape index (κ1) is 16.8. The minimum Gasteiger partial charge on any atom is -0.343 e. The Morgan fingerprint density at radius 2 is 1.74 bits per heavy atom. The van der Waals surface area contributed by atoms with Crippen molar-refractivity contribution in [3.8, 4) is 0 Å². The van der Waals surface area contributed by atoms with Gasteiger partial charge in [0.2, 0.25) is 5.91 Å². The van der Waals surface area contributed by atoms with E-state index in [-0.39, 0.29) is 12.4 Å². The quantitative estimate of drug-likeness (QED) is 0.863. The molecule has 112 valence electrons. The van der Waals surface area contributed by atoms with Crippen molar-refractivity contribution in [1.29, 1.82) is 0 Å². The fourth-order valence-electron chi connectivity index (χ4n) is 3.25. The maximum atomic E-state index is 12.1. The molecule has 2 aliphatic rings. The van der Waals surface area contributed by atoms with Crippen LogP contribution >= 0.6 is 12.4 Å².